The maximum Gasteiger partial charge on any atom is 0.416 e. The fraction of sp³-hybridized carbons (Fsp3) is 0.346. The number of nitrogens with zero attached hydrogens (tertiary/aromatic N) is 4. The second kappa shape index (κ2) is 35.5. The Bertz CT molecular complexity index is 2700. The zero-order valence-electron chi connectivity index (χ0n) is 41.3. The summed E-state index contributed by atoms with van der Waals surface area (Å²) in [6, 6.07) is 31.5. The molecule has 0 amide bonds. The first-order valence-electron chi connectivity index (χ1n) is 23.1. The van der Waals surface area contributed by atoms with Crippen molar-refractivity contribution in [1.29, 1.82) is 10.8 Å². The van der Waals surface area contributed by atoms with Crippen LogP contribution in [0.5, 0.6) is 0 Å². The van der Waals surface area contributed by atoms with Crippen molar-refractivity contribution < 1.29 is 26.3 Å². The van der Waals surface area contributed by atoms with E-state index in [-0.39, 0.29) is 51.7 Å². The van der Waals surface area contributed by atoms with Gasteiger partial charge in [-0.3, -0.25) is 20.6 Å². The number of alkyl halides is 6. The van der Waals surface area contributed by atoms with Crippen LogP contribution in [0.1, 0.15) is 63.1 Å². The van der Waals surface area contributed by atoms with Crippen molar-refractivity contribution in [2.75, 3.05) is 46.3 Å². The molecule has 25 heteroatoms. The summed E-state index contributed by atoms with van der Waals surface area (Å²) in [7, 11) is 0. The molecule has 5 aromatic rings. The SMILES string of the molecule is Br.Br.C.Cc1cccc(CCN)c1.FC(F)(F)c1cccc(CCN2CN=C(SCc3ccc(Br)cc3CSC3=NCN(CCc4cccc(C(F)(F)F)c4)CN3)NC2)c1.N=C(N)SCc1ccc(Br)cc1CSC(=N)N. The van der Waals surface area contributed by atoms with Crippen molar-refractivity contribution >= 4 is 134 Å². The fourth-order valence-corrected chi connectivity index (χ4v) is 10.9. The molecule has 10 N–H and O–H groups in total. The predicted octanol–water partition coefficient (Wildman–Crippen LogP) is 13.8. The molecule has 0 aromatic heterocycles. The molecule has 422 valence electrons. The van der Waals surface area contributed by atoms with E-state index in [1.54, 1.807) is 35.7 Å². The van der Waals surface area contributed by atoms with Crippen molar-refractivity contribution in [2.24, 2.45) is 27.2 Å². The summed E-state index contributed by atoms with van der Waals surface area (Å²) in [5.74, 6) is 2.73. The molecule has 0 aliphatic carbocycles. The van der Waals surface area contributed by atoms with Crippen molar-refractivity contribution in [2.45, 2.75) is 69.0 Å². The summed E-state index contributed by atoms with van der Waals surface area (Å²) in [6.07, 6.45) is -6.71. The zero-order valence-corrected chi connectivity index (χ0v) is 51.2. The largest absolute Gasteiger partial charge is 0.416 e. The van der Waals surface area contributed by atoms with E-state index in [4.69, 9.17) is 28.0 Å². The van der Waals surface area contributed by atoms with Crippen LogP contribution in [0.15, 0.2) is 128 Å². The van der Waals surface area contributed by atoms with Gasteiger partial charge in [0.1, 0.15) is 0 Å². The van der Waals surface area contributed by atoms with E-state index in [1.807, 2.05) is 24.3 Å². The second-order valence-electron chi connectivity index (χ2n) is 16.8. The van der Waals surface area contributed by atoms with Crippen LogP contribution in [0.2, 0.25) is 0 Å². The van der Waals surface area contributed by atoms with Gasteiger partial charge in [-0.2, -0.15) is 26.3 Å². The van der Waals surface area contributed by atoms with Crippen LogP contribution in [0.3, 0.4) is 0 Å². The standard InChI is InChI=1S/C32H33BrF6N6S2.C10H13BrN4S2.C9H13N.CH4.2BrH/c33-28-8-7-24(16-46-29-40-18-44(19-41-29)11-9-22-3-1-5-26(13-22)31(34,35)36)25(15-28)17-47-30-42-20-45(21-43-30)12-10-23-4-2-6-27(14-23)32(37,38)39;11-8-2-1-6(4-16-9(12)13)7(3-8)5-17-10(14)15;1-8-3-2-4-9(7-8)5-6-10;;;/h1-8,13-15H,9-12,16-21H2,(H,40,41)(H,42,43);1-3H,4-5H2,(H3,12,13)(H3,14,15);2-4,7H,5-6,10H2,1H3;1H4;2*1H. The fourth-order valence-electron chi connectivity index (χ4n) is 7.15. The lowest BCUT2D eigenvalue weighted by Crippen LogP contribution is -2.42. The highest BCUT2D eigenvalue weighted by molar-refractivity contribution is 9.10. The number of aliphatic imine (C=N–C) groups is 2. The van der Waals surface area contributed by atoms with Crippen LogP contribution in [0.25, 0.3) is 0 Å². The zero-order chi connectivity index (χ0) is 53.7. The average Bonchev–Trinajstić information content (AvgIpc) is 3.36. The number of thioether (sulfide) groups is 4. The molecule has 0 saturated heterocycles. The number of nitrogens with one attached hydrogen (secondary N) is 4. The summed E-state index contributed by atoms with van der Waals surface area (Å²) >= 11 is 12.8. The monoisotopic (exact) mass is 1400 g/mol. The number of benzene rings is 5. The molecule has 0 fully saturated rings. The molecule has 77 heavy (non-hydrogen) atoms. The van der Waals surface area contributed by atoms with Crippen LogP contribution in [0, 0.1) is 17.7 Å². The molecule has 0 saturated carbocycles. The van der Waals surface area contributed by atoms with Gasteiger partial charge >= 0.3 is 12.4 Å². The van der Waals surface area contributed by atoms with E-state index >= 15 is 0 Å². The van der Waals surface area contributed by atoms with Gasteiger partial charge in [-0.25, -0.2) is 9.98 Å². The number of hydrogen-bond donors (Lipinski definition) is 7. The van der Waals surface area contributed by atoms with E-state index < -0.39 is 23.5 Å². The van der Waals surface area contributed by atoms with Crippen LogP contribution < -0.4 is 27.8 Å². The number of hydrogen-bond acceptors (Lipinski definition) is 13. The van der Waals surface area contributed by atoms with Gasteiger partial charge in [0.25, 0.3) is 0 Å². The van der Waals surface area contributed by atoms with E-state index in [9.17, 15) is 26.3 Å². The Morgan fingerprint density at radius 1 is 0.584 bits per heavy atom. The maximum atomic E-state index is 13.0. The first-order valence-corrected chi connectivity index (χ1v) is 28.6. The molecule has 2 aliphatic heterocycles. The van der Waals surface area contributed by atoms with Gasteiger partial charge in [-0.05, 0) is 108 Å². The minimum Gasteiger partial charge on any atom is -0.379 e. The molecular weight excluding hydrogens is 1340 g/mol. The topological polar surface area (TPSA) is 181 Å². The predicted molar refractivity (Wildman–Crippen MR) is 333 cm³/mol. The summed E-state index contributed by atoms with van der Waals surface area (Å²) in [5.41, 5.74) is 23.3. The average molecular weight is 1410 g/mol. The quantitative estimate of drug-likeness (QED) is 0.0284. The lowest BCUT2D eigenvalue weighted by atomic mass is 10.1. The molecule has 2 aliphatic rings. The highest BCUT2D eigenvalue weighted by Crippen LogP contribution is 2.32. The lowest BCUT2D eigenvalue weighted by Gasteiger charge is -2.27. The first-order chi connectivity index (χ1) is 35.2. The molecule has 0 bridgehead atoms. The van der Waals surface area contributed by atoms with Gasteiger partial charge in [0.15, 0.2) is 20.7 Å². The number of aryl methyl sites for hydroxylation is 1. The minimum atomic E-state index is -4.35. The van der Waals surface area contributed by atoms with Gasteiger partial charge in [0.05, 0.1) is 37.8 Å². The van der Waals surface area contributed by atoms with E-state index in [0.717, 1.165) is 61.1 Å². The summed E-state index contributed by atoms with van der Waals surface area (Å²) in [5, 5.41) is 22.9. The Labute approximate surface area is 503 Å². The maximum absolute atomic E-state index is 13.0. The van der Waals surface area contributed by atoms with Crippen molar-refractivity contribution in [3.05, 3.63) is 174 Å². The molecule has 5 aromatic carbocycles. The molecular formula is C52H65Br4F6N11S4. The van der Waals surface area contributed by atoms with Gasteiger partial charge in [-0.1, -0.05) is 165 Å². The van der Waals surface area contributed by atoms with Crippen molar-refractivity contribution in [3.8, 4) is 0 Å². The molecule has 0 unspecified atom stereocenters. The molecule has 0 atom stereocenters. The molecule has 0 radical (unpaired) electrons. The Balaban J connectivity index is 0.000000554. The molecule has 7 rings (SSSR count). The Hall–Kier alpha value is -3.24. The first kappa shape index (κ1) is 69.9. The van der Waals surface area contributed by atoms with E-state index in [0.29, 0.717) is 86.7 Å². The number of halogens is 10. The number of nitrogens with two attached hydrogens (primary N) is 3. The van der Waals surface area contributed by atoms with Crippen molar-refractivity contribution in [1.82, 2.24) is 20.4 Å². The van der Waals surface area contributed by atoms with Crippen LogP contribution in [-0.4, -0.2) is 76.8 Å². The number of rotatable bonds is 16. The smallest absolute Gasteiger partial charge is 0.379 e. The Morgan fingerprint density at radius 3 is 1.39 bits per heavy atom. The van der Waals surface area contributed by atoms with Crippen LogP contribution >= 0.6 is 113 Å². The van der Waals surface area contributed by atoms with Gasteiger partial charge in [-0.15, -0.1) is 34.0 Å². The highest BCUT2D eigenvalue weighted by Gasteiger charge is 2.31. The van der Waals surface area contributed by atoms with Gasteiger partial charge in [0, 0.05) is 45.0 Å². The number of amidine groups is 4. The van der Waals surface area contributed by atoms with Crippen LogP contribution in [0.4, 0.5) is 26.3 Å². The molecule has 0 spiro atoms. The summed E-state index contributed by atoms with van der Waals surface area (Å²) in [4.78, 5) is 13.4. The van der Waals surface area contributed by atoms with E-state index in [2.05, 4.69) is 106 Å². The second-order valence-corrected chi connectivity index (χ2v) is 22.6. The third-order valence-corrected chi connectivity index (χ3v) is 15.5. The summed E-state index contributed by atoms with van der Waals surface area (Å²) < 4.78 is 80.1. The van der Waals surface area contributed by atoms with Gasteiger partial charge < -0.3 is 27.8 Å². The normalized spacial score (nSPS) is 13.5. The third kappa shape index (κ3) is 26.3. The summed E-state index contributed by atoms with van der Waals surface area (Å²) in [6.45, 7) is 6.09. The minimum absolute atomic E-state index is 0. The van der Waals surface area contributed by atoms with Crippen LogP contribution in [-0.2, 0) is 54.6 Å². The Morgan fingerprint density at radius 2 is 0.987 bits per heavy atom. The third-order valence-electron chi connectivity index (χ3n) is 11.0. The van der Waals surface area contributed by atoms with Crippen molar-refractivity contribution in [3.63, 3.8) is 0 Å². The highest BCUT2D eigenvalue weighted by atomic mass is 79.9. The molecule has 2 heterocycles. The molecule has 11 nitrogen and oxygen atoms in total. The van der Waals surface area contributed by atoms with E-state index in [1.165, 1.54) is 64.5 Å². The lowest BCUT2D eigenvalue weighted by molar-refractivity contribution is -0.138. The Kier molecular flexibility index (Phi) is 32.2. The van der Waals surface area contributed by atoms with Gasteiger partial charge in [0.2, 0.25) is 0 Å².